The summed E-state index contributed by atoms with van der Waals surface area (Å²) in [4.78, 5) is 13.8. The first-order chi connectivity index (χ1) is 11.1. The highest BCUT2D eigenvalue weighted by Gasteiger charge is 2.32. The van der Waals surface area contributed by atoms with Gasteiger partial charge in [0, 0.05) is 24.5 Å². The summed E-state index contributed by atoms with van der Waals surface area (Å²) < 4.78 is 25.5. The summed E-state index contributed by atoms with van der Waals surface area (Å²) in [7, 11) is 0. The van der Waals surface area contributed by atoms with Gasteiger partial charge in [0.15, 0.2) is 5.58 Å². The minimum atomic E-state index is -0.528. The van der Waals surface area contributed by atoms with Crippen molar-refractivity contribution in [1.29, 1.82) is 0 Å². The van der Waals surface area contributed by atoms with Crippen LogP contribution in [-0.2, 0) is 4.74 Å². The molecule has 5 nitrogen and oxygen atoms in total. The summed E-state index contributed by atoms with van der Waals surface area (Å²) in [6, 6.07) is 3.24. The molecule has 2 aromatic rings. The van der Waals surface area contributed by atoms with Crippen LogP contribution in [0.1, 0.15) is 26.5 Å². The number of halogens is 2. The monoisotopic (exact) mass is 398 g/mol. The summed E-state index contributed by atoms with van der Waals surface area (Å²) >= 11 is 3.26. The van der Waals surface area contributed by atoms with Crippen molar-refractivity contribution in [1.82, 2.24) is 5.32 Å². The maximum absolute atomic E-state index is 14.1. The molecule has 1 aromatic heterocycles. The molecule has 3 rings (SSSR count). The number of carbonyl (C=O) groups excluding carboxylic acids is 1. The first-order valence-corrected chi connectivity index (χ1v) is 8.56. The third kappa shape index (κ3) is 3.36. The molecule has 1 aliphatic heterocycles. The van der Waals surface area contributed by atoms with Crippen LogP contribution in [0.5, 0.6) is 0 Å². The van der Waals surface area contributed by atoms with E-state index in [9.17, 15) is 9.18 Å². The van der Waals surface area contributed by atoms with E-state index in [-0.39, 0.29) is 11.9 Å². The zero-order valence-corrected chi connectivity index (χ0v) is 15.7. The van der Waals surface area contributed by atoms with E-state index in [0.717, 1.165) is 5.76 Å². The Morgan fingerprint density at radius 1 is 1.42 bits per heavy atom. The number of nitrogens with one attached hydrogen (secondary N) is 1. The van der Waals surface area contributed by atoms with Crippen LogP contribution < -0.4 is 10.2 Å². The third-order valence-electron chi connectivity index (χ3n) is 3.74. The van der Waals surface area contributed by atoms with Crippen molar-refractivity contribution in [2.24, 2.45) is 0 Å². The van der Waals surface area contributed by atoms with Gasteiger partial charge >= 0.3 is 6.09 Å². The highest BCUT2D eigenvalue weighted by atomic mass is 79.9. The summed E-state index contributed by atoms with van der Waals surface area (Å²) in [5.74, 6) is 0.392. The van der Waals surface area contributed by atoms with Crippen molar-refractivity contribution in [2.45, 2.75) is 39.3 Å². The summed E-state index contributed by atoms with van der Waals surface area (Å²) in [6.07, 6.45) is -0.437. The standard InChI is InChI=1S/C17H20BrFN2O3/c1-9-5-11-14(18)12(19)6-13(15(11)23-9)21-7-10(8-21)20-16(22)24-17(2,3)4/h5-6,10H,7-8H2,1-4H3,(H,20,22). The molecule has 7 heteroatoms. The average molecular weight is 399 g/mol. The van der Waals surface area contributed by atoms with E-state index in [1.54, 1.807) is 0 Å². The normalized spacial score (nSPS) is 15.5. The minimum absolute atomic E-state index is 0.0299. The lowest BCUT2D eigenvalue weighted by atomic mass is 10.1. The van der Waals surface area contributed by atoms with Crippen LogP contribution in [0.15, 0.2) is 21.0 Å². The molecule has 0 atom stereocenters. The largest absolute Gasteiger partial charge is 0.459 e. The maximum Gasteiger partial charge on any atom is 0.407 e. The fourth-order valence-corrected chi connectivity index (χ4v) is 3.13. The van der Waals surface area contributed by atoms with Gasteiger partial charge in [0.05, 0.1) is 16.2 Å². The van der Waals surface area contributed by atoms with Crippen LogP contribution in [0.25, 0.3) is 11.0 Å². The highest BCUT2D eigenvalue weighted by molar-refractivity contribution is 9.10. The molecule has 1 amide bonds. The lowest BCUT2D eigenvalue weighted by molar-refractivity contribution is 0.0496. The van der Waals surface area contributed by atoms with Crippen LogP contribution in [0, 0.1) is 12.7 Å². The second-order valence-corrected chi connectivity index (χ2v) is 7.83. The number of ether oxygens (including phenoxy) is 1. The van der Waals surface area contributed by atoms with Gasteiger partial charge in [-0.15, -0.1) is 0 Å². The van der Waals surface area contributed by atoms with E-state index in [4.69, 9.17) is 9.15 Å². The molecule has 0 unspecified atom stereocenters. The van der Waals surface area contributed by atoms with E-state index < -0.39 is 11.7 Å². The van der Waals surface area contributed by atoms with E-state index in [2.05, 4.69) is 21.2 Å². The summed E-state index contributed by atoms with van der Waals surface area (Å²) in [5.41, 5.74) is 0.817. The number of anilines is 1. The maximum atomic E-state index is 14.1. The van der Waals surface area contributed by atoms with Gasteiger partial charge in [-0.3, -0.25) is 0 Å². The predicted molar refractivity (Wildman–Crippen MR) is 94.0 cm³/mol. The van der Waals surface area contributed by atoms with Crippen molar-refractivity contribution < 1.29 is 18.3 Å². The van der Waals surface area contributed by atoms with Crippen molar-refractivity contribution in [3.05, 3.63) is 28.2 Å². The van der Waals surface area contributed by atoms with Crippen molar-refractivity contribution in [3.8, 4) is 0 Å². The van der Waals surface area contributed by atoms with Crippen LogP contribution in [0.2, 0.25) is 0 Å². The number of benzene rings is 1. The number of aryl methyl sites for hydroxylation is 1. The van der Waals surface area contributed by atoms with Gasteiger partial charge in [-0.05, 0) is 49.7 Å². The second-order valence-electron chi connectivity index (χ2n) is 7.04. The summed E-state index contributed by atoms with van der Waals surface area (Å²) in [5, 5.41) is 3.53. The lowest BCUT2D eigenvalue weighted by Crippen LogP contribution is -2.60. The Kier molecular flexibility index (Phi) is 4.23. The smallest absolute Gasteiger partial charge is 0.407 e. The van der Waals surface area contributed by atoms with Crippen LogP contribution in [0.3, 0.4) is 0 Å². The molecule has 0 radical (unpaired) electrons. The molecular formula is C17H20BrFN2O3. The third-order valence-corrected chi connectivity index (χ3v) is 4.55. The van der Waals surface area contributed by atoms with Gasteiger partial charge in [0.1, 0.15) is 17.2 Å². The predicted octanol–water partition coefficient (Wildman–Crippen LogP) is 4.36. The Morgan fingerprint density at radius 2 is 2.08 bits per heavy atom. The zero-order valence-electron chi connectivity index (χ0n) is 14.1. The summed E-state index contributed by atoms with van der Waals surface area (Å²) in [6.45, 7) is 8.45. The van der Waals surface area contributed by atoms with Crippen LogP contribution in [0.4, 0.5) is 14.9 Å². The van der Waals surface area contributed by atoms with Gasteiger partial charge in [-0.1, -0.05) is 0 Å². The van der Waals surface area contributed by atoms with Crippen molar-refractivity contribution in [2.75, 3.05) is 18.0 Å². The van der Waals surface area contributed by atoms with Gasteiger partial charge in [0.2, 0.25) is 0 Å². The fraction of sp³-hybridized carbons (Fsp3) is 0.471. The topological polar surface area (TPSA) is 54.7 Å². The number of hydrogen-bond donors (Lipinski definition) is 1. The van der Waals surface area contributed by atoms with Gasteiger partial charge < -0.3 is 19.4 Å². The molecule has 1 aromatic carbocycles. The van der Waals surface area contributed by atoms with E-state index >= 15 is 0 Å². The molecule has 0 saturated carbocycles. The van der Waals surface area contributed by atoms with Crippen molar-refractivity contribution in [3.63, 3.8) is 0 Å². The quantitative estimate of drug-likeness (QED) is 0.816. The molecule has 130 valence electrons. The van der Waals surface area contributed by atoms with Crippen LogP contribution in [-0.4, -0.2) is 30.8 Å². The molecule has 0 spiro atoms. The van der Waals surface area contributed by atoms with E-state index in [0.29, 0.717) is 34.2 Å². The molecule has 24 heavy (non-hydrogen) atoms. The first kappa shape index (κ1) is 17.1. The second kappa shape index (κ2) is 5.95. The number of fused-ring (bicyclic) bond motifs is 1. The average Bonchev–Trinajstić information content (AvgIpc) is 2.78. The Labute approximate surface area is 148 Å². The molecule has 1 fully saturated rings. The molecular weight excluding hydrogens is 379 g/mol. The van der Waals surface area contributed by atoms with Gasteiger partial charge in [-0.2, -0.15) is 0 Å². The van der Waals surface area contributed by atoms with E-state index in [1.165, 1.54) is 6.07 Å². The number of amides is 1. The minimum Gasteiger partial charge on any atom is -0.459 e. The Morgan fingerprint density at radius 3 is 2.71 bits per heavy atom. The van der Waals surface area contributed by atoms with Gasteiger partial charge in [-0.25, -0.2) is 9.18 Å². The zero-order chi connectivity index (χ0) is 17.6. The van der Waals surface area contributed by atoms with Crippen LogP contribution >= 0.6 is 15.9 Å². The molecule has 0 bridgehead atoms. The molecule has 1 saturated heterocycles. The Hall–Kier alpha value is -1.76. The first-order valence-electron chi connectivity index (χ1n) is 7.76. The number of nitrogens with zero attached hydrogens (tertiary/aromatic N) is 1. The Bertz CT molecular complexity index is 791. The highest BCUT2D eigenvalue weighted by Crippen LogP contribution is 2.38. The molecule has 1 aliphatic rings. The van der Waals surface area contributed by atoms with E-state index in [1.807, 2.05) is 38.7 Å². The molecule has 1 N–H and O–H groups in total. The number of alkyl carbamates (subject to hydrolysis) is 1. The fourth-order valence-electron chi connectivity index (χ4n) is 2.72. The Balaban J connectivity index is 1.71. The van der Waals surface area contributed by atoms with Crippen molar-refractivity contribution >= 4 is 38.7 Å². The molecule has 0 aliphatic carbocycles. The number of hydrogen-bond acceptors (Lipinski definition) is 4. The number of furan rings is 1. The number of carbonyl (C=O) groups is 1. The number of rotatable bonds is 2. The van der Waals surface area contributed by atoms with Gasteiger partial charge in [0.25, 0.3) is 0 Å². The SMILES string of the molecule is Cc1cc2c(Br)c(F)cc(N3CC(NC(=O)OC(C)(C)C)C3)c2o1. The lowest BCUT2D eigenvalue weighted by Gasteiger charge is -2.41. The molecule has 2 heterocycles.